The second-order valence-electron chi connectivity index (χ2n) is 8.93. The minimum atomic E-state index is -0.232. The molecule has 0 radical (unpaired) electrons. The topological polar surface area (TPSA) is 41.9 Å². The van der Waals surface area contributed by atoms with Crippen LogP contribution in [0.2, 0.25) is 0 Å². The number of hydrogen-bond acceptors (Lipinski definition) is 4. The maximum Gasteiger partial charge on any atom is 0.161 e. The minimum Gasteiger partial charge on any atom is -0.493 e. The van der Waals surface area contributed by atoms with Crippen LogP contribution < -0.4 is 9.47 Å². The van der Waals surface area contributed by atoms with Crippen LogP contribution in [0.4, 0.5) is 0 Å². The highest BCUT2D eigenvalue weighted by Crippen LogP contribution is 2.43. The Balaban J connectivity index is 1.54. The molecule has 1 N–H and O–H groups in total. The molecular formula is C25H33NO3. The Hall–Kier alpha value is -2.04. The van der Waals surface area contributed by atoms with Crippen molar-refractivity contribution in [1.29, 1.82) is 0 Å². The summed E-state index contributed by atoms with van der Waals surface area (Å²) >= 11 is 0. The van der Waals surface area contributed by atoms with Crippen LogP contribution in [0.1, 0.15) is 49.4 Å². The lowest BCUT2D eigenvalue weighted by Gasteiger charge is -2.46. The van der Waals surface area contributed by atoms with Gasteiger partial charge >= 0.3 is 0 Å². The third kappa shape index (κ3) is 4.44. The highest BCUT2D eigenvalue weighted by atomic mass is 16.5. The Morgan fingerprint density at radius 2 is 1.93 bits per heavy atom. The molecule has 4 nitrogen and oxygen atoms in total. The van der Waals surface area contributed by atoms with Crippen molar-refractivity contribution in [3.05, 3.63) is 59.2 Å². The molecule has 2 aliphatic rings. The van der Waals surface area contributed by atoms with Gasteiger partial charge < -0.3 is 14.6 Å². The summed E-state index contributed by atoms with van der Waals surface area (Å²) in [5, 5.41) is 10.8. The summed E-state index contributed by atoms with van der Waals surface area (Å²) in [5.74, 6) is 2.58. The summed E-state index contributed by atoms with van der Waals surface area (Å²) < 4.78 is 11.8. The molecule has 2 aromatic rings. The average Bonchev–Trinajstić information content (AvgIpc) is 2.72. The lowest BCUT2D eigenvalue weighted by Crippen LogP contribution is -2.48. The van der Waals surface area contributed by atoms with E-state index in [-0.39, 0.29) is 12.1 Å². The van der Waals surface area contributed by atoms with Crippen LogP contribution in [-0.4, -0.2) is 36.3 Å². The first kappa shape index (κ1) is 20.2. The summed E-state index contributed by atoms with van der Waals surface area (Å²) in [6, 6.07) is 14.8. The van der Waals surface area contributed by atoms with Crippen molar-refractivity contribution >= 4 is 0 Å². The maximum atomic E-state index is 10.8. The Bertz CT molecular complexity index is 820. The first-order valence-corrected chi connectivity index (χ1v) is 10.8. The number of ether oxygens (including phenoxy) is 2. The second-order valence-corrected chi connectivity index (χ2v) is 8.93. The SMILES string of the molecule is COc1cc2c(cc1OCc1ccccc1)CCN1C[C@@H](CC(C)C)[C@@H](O)C[C@@H]21. The van der Waals surface area contributed by atoms with Crippen molar-refractivity contribution in [2.24, 2.45) is 11.8 Å². The fourth-order valence-corrected chi connectivity index (χ4v) is 4.94. The largest absolute Gasteiger partial charge is 0.493 e. The zero-order chi connectivity index (χ0) is 20.4. The number of aliphatic hydroxyl groups excluding tert-OH is 1. The van der Waals surface area contributed by atoms with E-state index in [1.54, 1.807) is 7.11 Å². The Kier molecular flexibility index (Phi) is 6.12. The predicted octanol–water partition coefficient (Wildman–Crippen LogP) is 4.60. The zero-order valence-electron chi connectivity index (χ0n) is 17.8. The van der Waals surface area contributed by atoms with Crippen LogP contribution >= 0.6 is 0 Å². The van der Waals surface area contributed by atoms with Gasteiger partial charge in [0.1, 0.15) is 6.61 Å². The van der Waals surface area contributed by atoms with Crippen LogP contribution in [0.25, 0.3) is 0 Å². The van der Waals surface area contributed by atoms with Crippen LogP contribution in [0, 0.1) is 11.8 Å². The number of benzene rings is 2. The Labute approximate surface area is 174 Å². The summed E-state index contributed by atoms with van der Waals surface area (Å²) in [5.41, 5.74) is 3.76. The Morgan fingerprint density at radius 3 is 2.66 bits per heavy atom. The summed E-state index contributed by atoms with van der Waals surface area (Å²) in [7, 11) is 1.70. The smallest absolute Gasteiger partial charge is 0.161 e. The number of fused-ring (bicyclic) bond motifs is 3. The van der Waals surface area contributed by atoms with Gasteiger partial charge in [0.25, 0.3) is 0 Å². The molecule has 2 aliphatic heterocycles. The molecule has 0 amide bonds. The lowest BCUT2D eigenvalue weighted by atomic mass is 9.79. The number of rotatable bonds is 6. The van der Waals surface area contributed by atoms with Crippen molar-refractivity contribution in [3.8, 4) is 11.5 Å². The number of nitrogens with zero attached hydrogens (tertiary/aromatic N) is 1. The Morgan fingerprint density at radius 1 is 1.14 bits per heavy atom. The van der Waals surface area contributed by atoms with Gasteiger partial charge in [-0.05, 0) is 59.9 Å². The maximum absolute atomic E-state index is 10.8. The van der Waals surface area contributed by atoms with E-state index in [1.807, 2.05) is 18.2 Å². The highest BCUT2D eigenvalue weighted by Gasteiger charge is 2.38. The molecule has 0 saturated carbocycles. The first-order valence-electron chi connectivity index (χ1n) is 10.8. The molecule has 0 aromatic heterocycles. The number of methoxy groups -OCH3 is 1. The number of aliphatic hydroxyl groups is 1. The van der Waals surface area contributed by atoms with Gasteiger partial charge in [-0.3, -0.25) is 4.90 Å². The van der Waals surface area contributed by atoms with Crippen LogP contribution in [-0.2, 0) is 13.0 Å². The van der Waals surface area contributed by atoms with E-state index < -0.39 is 0 Å². The van der Waals surface area contributed by atoms with Gasteiger partial charge in [0.15, 0.2) is 11.5 Å². The lowest BCUT2D eigenvalue weighted by molar-refractivity contribution is -0.0191. The fourth-order valence-electron chi connectivity index (χ4n) is 4.94. The van der Waals surface area contributed by atoms with Gasteiger partial charge in [0.05, 0.1) is 13.2 Å². The molecule has 1 fully saturated rings. The van der Waals surface area contributed by atoms with E-state index in [0.717, 1.165) is 49.4 Å². The van der Waals surface area contributed by atoms with Crippen LogP contribution in [0.3, 0.4) is 0 Å². The molecule has 1 saturated heterocycles. The zero-order valence-corrected chi connectivity index (χ0v) is 17.8. The van der Waals surface area contributed by atoms with Crippen LogP contribution in [0.5, 0.6) is 11.5 Å². The number of hydrogen-bond donors (Lipinski definition) is 1. The molecule has 0 unspecified atom stereocenters. The van der Waals surface area contributed by atoms with Gasteiger partial charge in [-0.25, -0.2) is 0 Å². The van der Waals surface area contributed by atoms with Crippen molar-refractivity contribution < 1.29 is 14.6 Å². The molecule has 0 aliphatic carbocycles. The van der Waals surface area contributed by atoms with Gasteiger partial charge in [0, 0.05) is 19.1 Å². The van der Waals surface area contributed by atoms with Gasteiger partial charge in [-0.2, -0.15) is 0 Å². The van der Waals surface area contributed by atoms with E-state index in [9.17, 15) is 5.11 Å². The molecule has 2 aromatic carbocycles. The molecule has 0 bridgehead atoms. The van der Waals surface area contributed by atoms with Gasteiger partial charge in [0.2, 0.25) is 0 Å². The molecule has 29 heavy (non-hydrogen) atoms. The first-order chi connectivity index (χ1) is 14.0. The molecular weight excluding hydrogens is 362 g/mol. The average molecular weight is 396 g/mol. The van der Waals surface area contributed by atoms with E-state index >= 15 is 0 Å². The summed E-state index contributed by atoms with van der Waals surface area (Å²) in [6.45, 7) is 7.04. The van der Waals surface area contributed by atoms with Crippen molar-refractivity contribution in [2.75, 3.05) is 20.2 Å². The van der Waals surface area contributed by atoms with Crippen molar-refractivity contribution in [1.82, 2.24) is 4.90 Å². The van der Waals surface area contributed by atoms with E-state index in [2.05, 4.69) is 43.0 Å². The predicted molar refractivity (Wildman–Crippen MR) is 115 cm³/mol. The van der Waals surface area contributed by atoms with E-state index in [4.69, 9.17) is 9.47 Å². The molecule has 0 spiro atoms. The molecule has 3 atom stereocenters. The third-order valence-corrected chi connectivity index (χ3v) is 6.38. The van der Waals surface area contributed by atoms with Gasteiger partial charge in [-0.1, -0.05) is 44.2 Å². The standard InChI is InChI=1S/C25H33NO3/c1-17(2)11-20-15-26-10-9-19-12-25(29-16-18-7-5-4-6-8-18)24(28-3)13-21(19)22(26)14-23(20)27/h4-8,12-13,17,20,22-23,27H,9-11,14-16H2,1-3H3/t20-,22+,23+/m1/s1. The van der Waals surface area contributed by atoms with E-state index in [1.165, 1.54) is 11.1 Å². The summed E-state index contributed by atoms with van der Waals surface area (Å²) in [4.78, 5) is 2.56. The quantitative estimate of drug-likeness (QED) is 0.776. The molecule has 4 rings (SSSR count). The molecule has 2 heterocycles. The highest BCUT2D eigenvalue weighted by molar-refractivity contribution is 5.49. The fraction of sp³-hybridized carbons (Fsp3) is 0.520. The number of piperidine rings is 1. The summed E-state index contributed by atoms with van der Waals surface area (Å²) in [6.07, 6.45) is 2.68. The van der Waals surface area contributed by atoms with Crippen molar-refractivity contribution in [3.63, 3.8) is 0 Å². The molecule has 156 valence electrons. The van der Waals surface area contributed by atoms with Crippen LogP contribution in [0.15, 0.2) is 42.5 Å². The third-order valence-electron chi connectivity index (χ3n) is 6.38. The minimum absolute atomic E-state index is 0.232. The van der Waals surface area contributed by atoms with Gasteiger partial charge in [-0.15, -0.1) is 0 Å². The van der Waals surface area contributed by atoms with E-state index in [0.29, 0.717) is 18.4 Å². The monoisotopic (exact) mass is 395 g/mol. The normalized spacial score (nSPS) is 24.1. The second kappa shape index (κ2) is 8.76. The molecule has 4 heteroatoms. The van der Waals surface area contributed by atoms with Crippen molar-refractivity contribution in [2.45, 2.75) is 51.9 Å².